The number of ether oxygens (including phenoxy) is 6. The molecule has 1 amide bonds. The van der Waals surface area contributed by atoms with Gasteiger partial charge >= 0.3 is 0 Å². The van der Waals surface area contributed by atoms with Gasteiger partial charge in [-0.25, -0.2) is 0 Å². The first kappa shape index (κ1) is 66.5. The Morgan fingerprint density at radius 3 is 1.35 bits per heavy atom. The second kappa shape index (κ2) is 39.6. The van der Waals surface area contributed by atoms with Crippen LogP contribution in [0, 0.1) is 0 Å². The van der Waals surface area contributed by atoms with Crippen LogP contribution in [0.4, 0.5) is 0 Å². The first-order chi connectivity index (χ1) is 35.8. The lowest BCUT2D eigenvalue weighted by Gasteiger charge is -2.48. The number of hydrogen-bond acceptors (Lipinski definition) is 18. The minimum absolute atomic E-state index is 0.239. The molecule has 3 saturated heterocycles. The number of carbonyl (C=O) groups excluding carboxylic acids is 1. The van der Waals surface area contributed by atoms with Gasteiger partial charge in [0.25, 0.3) is 0 Å². The van der Waals surface area contributed by atoms with Crippen LogP contribution in [-0.4, -0.2) is 193 Å². The average molecular weight is 1060 g/mol. The zero-order valence-corrected chi connectivity index (χ0v) is 44.8. The maximum atomic E-state index is 13.3. The van der Waals surface area contributed by atoms with Gasteiger partial charge in [0.2, 0.25) is 5.91 Å². The van der Waals surface area contributed by atoms with E-state index in [0.717, 1.165) is 38.5 Å². The van der Waals surface area contributed by atoms with Crippen LogP contribution in [0.3, 0.4) is 0 Å². The van der Waals surface area contributed by atoms with Gasteiger partial charge in [0, 0.05) is 6.42 Å². The number of unbranched alkanes of at least 4 members (excludes halogenated alkanes) is 23. The summed E-state index contributed by atoms with van der Waals surface area (Å²) in [5, 5.41) is 120. The van der Waals surface area contributed by atoms with Gasteiger partial charge in [-0.3, -0.25) is 4.79 Å². The Labute approximate surface area is 441 Å². The van der Waals surface area contributed by atoms with E-state index in [1.807, 2.05) is 6.08 Å². The molecular formula is C55H101NO18. The number of aliphatic hydroxyl groups excluding tert-OH is 11. The largest absolute Gasteiger partial charge is 0.394 e. The van der Waals surface area contributed by atoms with Crippen molar-refractivity contribution in [1.29, 1.82) is 0 Å². The second-order valence-electron chi connectivity index (χ2n) is 20.8. The topological polar surface area (TPSA) is 307 Å². The van der Waals surface area contributed by atoms with Crippen LogP contribution < -0.4 is 5.32 Å². The van der Waals surface area contributed by atoms with E-state index in [0.29, 0.717) is 12.8 Å². The van der Waals surface area contributed by atoms with Crippen molar-refractivity contribution in [2.45, 2.75) is 291 Å². The summed E-state index contributed by atoms with van der Waals surface area (Å²) < 4.78 is 34.2. The Bertz CT molecular complexity index is 1460. The van der Waals surface area contributed by atoms with E-state index in [-0.39, 0.29) is 18.9 Å². The lowest BCUT2D eigenvalue weighted by molar-refractivity contribution is -0.379. The smallest absolute Gasteiger partial charge is 0.220 e. The first-order valence-corrected chi connectivity index (χ1v) is 28.6. The highest BCUT2D eigenvalue weighted by molar-refractivity contribution is 5.76. The average Bonchev–Trinajstić information content (AvgIpc) is 3.40. The summed E-state index contributed by atoms with van der Waals surface area (Å²) in [6.07, 6.45) is 11.7. The van der Waals surface area contributed by atoms with E-state index in [1.165, 1.54) is 116 Å². The molecule has 12 N–H and O–H groups in total. The number of rotatable bonds is 41. The van der Waals surface area contributed by atoms with E-state index in [4.69, 9.17) is 28.4 Å². The molecule has 0 aromatic heterocycles. The molecule has 434 valence electrons. The predicted octanol–water partition coefficient (Wildman–Crippen LogP) is 3.98. The van der Waals surface area contributed by atoms with Crippen molar-refractivity contribution in [3.63, 3.8) is 0 Å². The van der Waals surface area contributed by atoms with Gasteiger partial charge in [0.15, 0.2) is 18.9 Å². The minimum Gasteiger partial charge on any atom is -0.394 e. The van der Waals surface area contributed by atoms with Crippen LogP contribution in [0.2, 0.25) is 0 Å². The van der Waals surface area contributed by atoms with Crippen molar-refractivity contribution in [3.8, 4) is 0 Å². The van der Waals surface area contributed by atoms with Gasteiger partial charge in [-0.1, -0.05) is 173 Å². The highest BCUT2D eigenvalue weighted by atomic mass is 16.8. The zero-order chi connectivity index (χ0) is 54.1. The fourth-order valence-electron chi connectivity index (χ4n) is 9.74. The molecular weight excluding hydrogens is 963 g/mol. The van der Waals surface area contributed by atoms with Gasteiger partial charge in [-0.15, -0.1) is 0 Å². The second-order valence-corrected chi connectivity index (χ2v) is 20.8. The van der Waals surface area contributed by atoms with Crippen molar-refractivity contribution >= 4 is 5.91 Å². The third-order valence-corrected chi connectivity index (χ3v) is 14.5. The normalized spacial score (nSPS) is 31.6. The number of amides is 1. The van der Waals surface area contributed by atoms with Crippen LogP contribution in [-0.2, 0) is 33.2 Å². The van der Waals surface area contributed by atoms with Crippen LogP contribution in [0.5, 0.6) is 0 Å². The molecule has 3 rings (SSSR count). The summed E-state index contributed by atoms with van der Waals surface area (Å²) in [5.74, 6) is -0.285. The summed E-state index contributed by atoms with van der Waals surface area (Å²) in [6, 6.07) is -0.983. The molecule has 17 atom stereocenters. The molecule has 3 fully saturated rings. The minimum atomic E-state index is -1.98. The number of allylic oxidation sites excluding steroid dienone is 3. The van der Waals surface area contributed by atoms with Crippen molar-refractivity contribution in [1.82, 2.24) is 5.32 Å². The molecule has 0 aliphatic carbocycles. The molecule has 3 heterocycles. The van der Waals surface area contributed by atoms with E-state index in [2.05, 4.69) is 31.3 Å². The number of carbonyl (C=O) groups is 1. The third kappa shape index (κ3) is 24.1. The Morgan fingerprint density at radius 1 is 0.473 bits per heavy atom. The van der Waals surface area contributed by atoms with Crippen molar-refractivity contribution < 1.29 is 89.4 Å². The fraction of sp³-hybridized carbons (Fsp3) is 0.909. The number of aliphatic hydroxyl groups is 11. The molecule has 0 aromatic rings. The highest BCUT2D eigenvalue weighted by Crippen LogP contribution is 2.33. The van der Waals surface area contributed by atoms with Crippen molar-refractivity contribution in [2.24, 2.45) is 0 Å². The molecule has 0 radical (unpaired) electrons. The summed E-state index contributed by atoms with van der Waals surface area (Å²) in [7, 11) is 0. The lowest BCUT2D eigenvalue weighted by Crippen LogP contribution is -2.66. The van der Waals surface area contributed by atoms with Crippen LogP contribution in [0.25, 0.3) is 0 Å². The van der Waals surface area contributed by atoms with Gasteiger partial charge < -0.3 is 89.9 Å². The van der Waals surface area contributed by atoms with Gasteiger partial charge in [-0.2, -0.15) is 0 Å². The predicted molar refractivity (Wildman–Crippen MR) is 277 cm³/mol. The van der Waals surface area contributed by atoms with Gasteiger partial charge in [-0.05, 0) is 32.1 Å². The van der Waals surface area contributed by atoms with Gasteiger partial charge in [0.1, 0.15) is 73.2 Å². The Morgan fingerprint density at radius 2 is 0.865 bits per heavy atom. The Hall–Kier alpha value is -1.73. The molecule has 0 aromatic carbocycles. The summed E-state index contributed by atoms with van der Waals surface area (Å²) in [6.45, 7) is 1.68. The number of hydrogen-bond donors (Lipinski definition) is 12. The molecule has 17 unspecified atom stereocenters. The maximum absolute atomic E-state index is 13.3. The van der Waals surface area contributed by atoms with Crippen LogP contribution in [0.15, 0.2) is 24.3 Å². The Kier molecular flexibility index (Phi) is 35.6. The maximum Gasteiger partial charge on any atom is 0.220 e. The first-order valence-electron chi connectivity index (χ1n) is 28.6. The van der Waals surface area contributed by atoms with Crippen LogP contribution >= 0.6 is 0 Å². The summed E-state index contributed by atoms with van der Waals surface area (Å²) in [4.78, 5) is 13.3. The summed E-state index contributed by atoms with van der Waals surface area (Å²) >= 11 is 0. The third-order valence-electron chi connectivity index (χ3n) is 14.5. The molecule has 0 saturated carbocycles. The molecule has 19 heteroatoms. The van der Waals surface area contributed by atoms with E-state index in [9.17, 15) is 61.0 Å². The molecule has 0 bridgehead atoms. The monoisotopic (exact) mass is 1060 g/mol. The van der Waals surface area contributed by atoms with Crippen molar-refractivity contribution in [3.05, 3.63) is 24.3 Å². The zero-order valence-electron chi connectivity index (χ0n) is 44.8. The van der Waals surface area contributed by atoms with E-state index >= 15 is 0 Å². The standard InChI is InChI=1S/C55H101NO18/c1-3-5-7-9-11-13-15-17-18-19-21-23-25-27-29-31-33-43(61)56-38(39(60)32-30-28-26-24-22-20-16-14-12-10-8-6-4-2)37-69-53-49(67)46(64)51(41(35-58)71-53)74-55-50(68)47(65)52(42(36-59)72-55)73-54-48(66)45(63)44(62)40(34-57)70-54/h22,24,30,32,38-42,44-55,57-60,62-68H,3-21,23,25-29,31,33-37H2,1-2H3,(H,56,61)/b24-22+,32-30+. The molecule has 74 heavy (non-hydrogen) atoms. The lowest BCUT2D eigenvalue weighted by atomic mass is 9.96. The molecule has 19 nitrogen and oxygen atoms in total. The highest BCUT2D eigenvalue weighted by Gasteiger charge is 2.53. The SMILES string of the molecule is CCCCCCCCC/C=C/CC/C=C/C(O)C(COC1OC(CO)C(OC2OC(CO)C(OC3OC(CO)C(O)C(O)C3O)C(O)C2O)C(O)C1O)NC(=O)CCCCCCCCCCCCCCCCCC. The summed E-state index contributed by atoms with van der Waals surface area (Å²) in [5.41, 5.74) is 0. The number of nitrogens with one attached hydrogen (secondary N) is 1. The Balaban J connectivity index is 1.53. The molecule has 0 spiro atoms. The van der Waals surface area contributed by atoms with Crippen LogP contribution in [0.1, 0.15) is 187 Å². The van der Waals surface area contributed by atoms with E-state index < -0.39 is 124 Å². The quantitative estimate of drug-likeness (QED) is 0.0304. The molecule has 3 aliphatic heterocycles. The van der Waals surface area contributed by atoms with Gasteiger partial charge in [0.05, 0.1) is 38.6 Å². The van der Waals surface area contributed by atoms with E-state index in [1.54, 1.807) is 6.08 Å². The van der Waals surface area contributed by atoms with Crippen molar-refractivity contribution in [2.75, 3.05) is 26.4 Å². The fourth-order valence-corrected chi connectivity index (χ4v) is 9.74. The molecule has 3 aliphatic rings.